The second kappa shape index (κ2) is 11.9. The minimum absolute atomic E-state index is 0.00762. The first-order valence-electron chi connectivity index (χ1n) is 12.7. The molecule has 196 valence electrons. The summed E-state index contributed by atoms with van der Waals surface area (Å²) in [6.07, 6.45) is 2.03. The first-order chi connectivity index (χ1) is 18.6. The molecule has 9 heteroatoms. The molecule has 1 aliphatic heterocycles. The standard InChI is InChI=1S/C29H30N4O5/c34-29(30-11-12-32-13-15-37-16-14-32)19-25(27-20-31-28-10-9-22(33(35)36)18-26(27)28)21-5-4-8-24(17-21)38-23-6-2-1-3-7-23/h1-10,17-18,20,25,31H,11-16,19H2,(H,30,34). The minimum atomic E-state index is -0.405. The SMILES string of the molecule is O=C(CC(c1cccc(Oc2ccccc2)c1)c1c[nH]c2ccc([N+](=O)[O-])cc12)NCCN1CCOCC1. The van der Waals surface area contributed by atoms with Crippen molar-refractivity contribution < 1.29 is 19.2 Å². The van der Waals surface area contributed by atoms with Gasteiger partial charge in [0.05, 0.1) is 18.1 Å². The van der Waals surface area contributed by atoms with Gasteiger partial charge in [0.2, 0.25) is 5.91 Å². The highest BCUT2D eigenvalue weighted by atomic mass is 16.6. The third-order valence-electron chi connectivity index (χ3n) is 6.77. The number of hydrogen-bond acceptors (Lipinski definition) is 6. The van der Waals surface area contributed by atoms with Gasteiger partial charge in [0.1, 0.15) is 11.5 Å². The Balaban J connectivity index is 1.41. The van der Waals surface area contributed by atoms with E-state index in [0.717, 1.165) is 41.7 Å². The number of carbonyl (C=O) groups excluding carboxylic acids is 1. The maximum Gasteiger partial charge on any atom is 0.270 e. The fourth-order valence-corrected chi connectivity index (χ4v) is 4.79. The van der Waals surface area contributed by atoms with Crippen LogP contribution in [0, 0.1) is 10.1 Å². The first-order valence-corrected chi connectivity index (χ1v) is 12.7. The molecule has 0 bridgehead atoms. The van der Waals surface area contributed by atoms with Crippen LogP contribution < -0.4 is 10.1 Å². The van der Waals surface area contributed by atoms with Gasteiger partial charge in [0.25, 0.3) is 5.69 Å². The van der Waals surface area contributed by atoms with Crippen LogP contribution in [0.3, 0.4) is 0 Å². The number of nitro benzene ring substituents is 1. The first kappa shape index (κ1) is 25.4. The van der Waals surface area contributed by atoms with E-state index < -0.39 is 4.92 Å². The van der Waals surface area contributed by atoms with Gasteiger partial charge in [-0.3, -0.25) is 19.8 Å². The number of carbonyl (C=O) groups is 1. The molecule has 1 aliphatic rings. The number of morpholine rings is 1. The molecule has 0 radical (unpaired) electrons. The number of aromatic nitrogens is 1. The van der Waals surface area contributed by atoms with Crippen LogP contribution >= 0.6 is 0 Å². The number of nitrogens with one attached hydrogen (secondary N) is 2. The summed E-state index contributed by atoms with van der Waals surface area (Å²) in [4.78, 5) is 29.7. The lowest BCUT2D eigenvalue weighted by molar-refractivity contribution is -0.384. The third kappa shape index (κ3) is 6.19. The molecule has 2 N–H and O–H groups in total. The summed E-state index contributed by atoms with van der Waals surface area (Å²) in [5.74, 6) is 0.938. The monoisotopic (exact) mass is 514 g/mol. The summed E-state index contributed by atoms with van der Waals surface area (Å²) in [5, 5.41) is 15.2. The number of nitrogens with zero attached hydrogens (tertiary/aromatic N) is 2. The highest BCUT2D eigenvalue weighted by Crippen LogP contribution is 2.36. The number of amides is 1. The maximum atomic E-state index is 13.1. The van der Waals surface area contributed by atoms with E-state index in [1.54, 1.807) is 12.1 Å². The van der Waals surface area contributed by atoms with Gasteiger partial charge >= 0.3 is 0 Å². The maximum absolute atomic E-state index is 13.1. The number of fused-ring (bicyclic) bond motifs is 1. The molecule has 1 unspecified atom stereocenters. The minimum Gasteiger partial charge on any atom is -0.457 e. The van der Waals surface area contributed by atoms with Crippen LogP contribution in [0.4, 0.5) is 5.69 Å². The number of hydrogen-bond donors (Lipinski definition) is 2. The fraction of sp³-hybridized carbons (Fsp3) is 0.276. The lowest BCUT2D eigenvalue weighted by Crippen LogP contribution is -2.41. The van der Waals surface area contributed by atoms with Crippen molar-refractivity contribution in [3.8, 4) is 11.5 Å². The van der Waals surface area contributed by atoms with Crippen molar-refractivity contribution in [2.75, 3.05) is 39.4 Å². The van der Waals surface area contributed by atoms with E-state index in [9.17, 15) is 14.9 Å². The number of rotatable bonds is 10. The Morgan fingerprint density at radius 3 is 2.63 bits per heavy atom. The summed E-state index contributed by atoms with van der Waals surface area (Å²) < 4.78 is 11.4. The number of non-ortho nitro benzene ring substituents is 1. The van der Waals surface area contributed by atoms with Crippen LogP contribution in [0.1, 0.15) is 23.5 Å². The smallest absolute Gasteiger partial charge is 0.270 e. The fourth-order valence-electron chi connectivity index (χ4n) is 4.79. The molecular weight excluding hydrogens is 484 g/mol. The average Bonchev–Trinajstić information content (AvgIpc) is 3.36. The Morgan fingerprint density at radius 2 is 1.84 bits per heavy atom. The Labute approximate surface area is 220 Å². The van der Waals surface area contributed by atoms with E-state index in [1.807, 2.05) is 60.8 Å². The van der Waals surface area contributed by atoms with Gasteiger partial charge in [0, 0.05) is 67.8 Å². The van der Waals surface area contributed by atoms with Crippen LogP contribution in [-0.4, -0.2) is 60.1 Å². The predicted molar refractivity (Wildman–Crippen MR) is 145 cm³/mol. The molecule has 3 aromatic carbocycles. The number of nitro groups is 1. The summed E-state index contributed by atoms with van der Waals surface area (Å²) in [7, 11) is 0. The molecule has 0 saturated carbocycles. The second-order valence-corrected chi connectivity index (χ2v) is 9.28. The molecular formula is C29H30N4O5. The number of aromatic amines is 1. The van der Waals surface area contributed by atoms with Crippen LogP contribution in [0.25, 0.3) is 10.9 Å². The lowest BCUT2D eigenvalue weighted by atomic mass is 9.87. The van der Waals surface area contributed by atoms with Crippen molar-refractivity contribution in [2.24, 2.45) is 0 Å². The third-order valence-corrected chi connectivity index (χ3v) is 6.77. The topological polar surface area (TPSA) is 110 Å². The summed E-state index contributed by atoms with van der Waals surface area (Å²) in [5.41, 5.74) is 2.49. The molecule has 5 rings (SSSR count). The van der Waals surface area contributed by atoms with Gasteiger partial charge in [0.15, 0.2) is 0 Å². The average molecular weight is 515 g/mol. The molecule has 1 amide bonds. The van der Waals surface area contributed by atoms with Crippen LogP contribution in [0.15, 0.2) is 79.0 Å². The number of H-pyrrole nitrogens is 1. The number of para-hydroxylation sites is 1. The van der Waals surface area contributed by atoms with E-state index in [-0.39, 0.29) is 23.9 Å². The highest BCUT2D eigenvalue weighted by Gasteiger charge is 2.23. The van der Waals surface area contributed by atoms with Gasteiger partial charge in [-0.1, -0.05) is 30.3 Å². The summed E-state index contributed by atoms with van der Waals surface area (Å²) in [6.45, 7) is 4.46. The summed E-state index contributed by atoms with van der Waals surface area (Å²) >= 11 is 0. The number of ether oxygens (including phenoxy) is 2. The number of benzene rings is 3. The van der Waals surface area contributed by atoms with E-state index in [4.69, 9.17) is 9.47 Å². The van der Waals surface area contributed by atoms with E-state index in [0.29, 0.717) is 31.3 Å². The lowest BCUT2D eigenvalue weighted by Gasteiger charge is -2.26. The van der Waals surface area contributed by atoms with Crippen LogP contribution in [0.2, 0.25) is 0 Å². The van der Waals surface area contributed by atoms with Crippen LogP contribution in [0.5, 0.6) is 11.5 Å². The molecule has 1 aromatic heterocycles. The van der Waals surface area contributed by atoms with Gasteiger partial charge in [-0.05, 0) is 41.5 Å². The Morgan fingerprint density at radius 1 is 1.05 bits per heavy atom. The molecule has 9 nitrogen and oxygen atoms in total. The van der Waals surface area contributed by atoms with Crippen molar-refractivity contribution >= 4 is 22.5 Å². The normalized spacial score (nSPS) is 14.7. The zero-order valence-electron chi connectivity index (χ0n) is 21.0. The Kier molecular flexibility index (Phi) is 7.96. The second-order valence-electron chi connectivity index (χ2n) is 9.28. The van der Waals surface area contributed by atoms with E-state index >= 15 is 0 Å². The van der Waals surface area contributed by atoms with E-state index in [1.165, 1.54) is 6.07 Å². The molecule has 2 heterocycles. The predicted octanol–water partition coefficient (Wildman–Crippen LogP) is 4.84. The largest absolute Gasteiger partial charge is 0.457 e. The molecule has 38 heavy (non-hydrogen) atoms. The quantitative estimate of drug-likeness (QED) is 0.232. The summed E-state index contributed by atoms with van der Waals surface area (Å²) in [6, 6.07) is 21.9. The molecule has 1 saturated heterocycles. The zero-order valence-corrected chi connectivity index (χ0v) is 21.0. The van der Waals surface area contributed by atoms with Crippen LogP contribution in [-0.2, 0) is 9.53 Å². The Hall–Kier alpha value is -4.21. The van der Waals surface area contributed by atoms with Crippen molar-refractivity contribution in [2.45, 2.75) is 12.3 Å². The molecule has 0 spiro atoms. The van der Waals surface area contributed by atoms with Crippen molar-refractivity contribution in [3.05, 3.63) is 100 Å². The van der Waals surface area contributed by atoms with Gasteiger partial charge in [-0.15, -0.1) is 0 Å². The zero-order chi connectivity index (χ0) is 26.3. The van der Waals surface area contributed by atoms with Gasteiger partial charge < -0.3 is 19.8 Å². The molecule has 1 fully saturated rings. The van der Waals surface area contributed by atoms with Crippen molar-refractivity contribution in [1.29, 1.82) is 0 Å². The molecule has 0 aliphatic carbocycles. The molecule has 4 aromatic rings. The highest BCUT2D eigenvalue weighted by molar-refractivity contribution is 5.87. The molecule has 1 atom stereocenters. The van der Waals surface area contributed by atoms with Gasteiger partial charge in [-0.25, -0.2) is 0 Å². The Bertz CT molecular complexity index is 1400. The van der Waals surface area contributed by atoms with Crippen molar-refractivity contribution in [3.63, 3.8) is 0 Å². The van der Waals surface area contributed by atoms with Crippen molar-refractivity contribution in [1.82, 2.24) is 15.2 Å². The van der Waals surface area contributed by atoms with Gasteiger partial charge in [-0.2, -0.15) is 0 Å². The van der Waals surface area contributed by atoms with E-state index in [2.05, 4.69) is 15.2 Å².